The zero-order valence-electron chi connectivity index (χ0n) is 19.7. The second-order valence-corrected chi connectivity index (χ2v) is 8.28. The molecule has 7 nitrogen and oxygen atoms in total. The molecule has 7 heteroatoms. The molecule has 0 aliphatic rings. The third kappa shape index (κ3) is 5.76. The van der Waals surface area contributed by atoms with Crippen LogP contribution >= 0.6 is 0 Å². The molecule has 4 aromatic rings. The number of ether oxygens (including phenoxy) is 2. The predicted octanol–water partition coefficient (Wildman–Crippen LogP) is 4.89. The van der Waals surface area contributed by atoms with Crippen LogP contribution in [0.3, 0.4) is 0 Å². The molecule has 0 spiro atoms. The third-order valence-corrected chi connectivity index (χ3v) is 5.51. The Hall–Kier alpha value is -4.39. The first kappa shape index (κ1) is 23.8. The highest BCUT2D eigenvalue weighted by atomic mass is 16.6. The summed E-state index contributed by atoms with van der Waals surface area (Å²) in [5, 5.41) is 3.33. The molecule has 1 aromatic heterocycles. The lowest BCUT2D eigenvalue weighted by Crippen LogP contribution is -2.30. The molecule has 0 saturated heterocycles. The fourth-order valence-corrected chi connectivity index (χ4v) is 3.67. The van der Waals surface area contributed by atoms with Crippen molar-refractivity contribution in [3.63, 3.8) is 0 Å². The van der Waals surface area contributed by atoms with Gasteiger partial charge in [0.05, 0.1) is 6.04 Å². The number of carbonyl (C=O) groups excluding carboxylic acids is 2. The second-order valence-electron chi connectivity index (χ2n) is 8.28. The van der Waals surface area contributed by atoms with E-state index in [0.717, 1.165) is 16.7 Å². The maximum absolute atomic E-state index is 12.7. The van der Waals surface area contributed by atoms with Crippen LogP contribution in [-0.2, 0) is 4.79 Å². The first-order valence-electron chi connectivity index (χ1n) is 11.1. The number of hydrogen-bond donors (Lipinski definition) is 1. The molecule has 1 N–H and O–H groups in total. The first-order valence-corrected chi connectivity index (χ1v) is 11.1. The van der Waals surface area contributed by atoms with Crippen LogP contribution in [-0.4, -0.2) is 18.5 Å². The van der Waals surface area contributed by atoms with Gasteiger partial charge in [0.1, 0.15) is 22.6 Å². The summed E-state index contributed by atoms with van der Waals surface area (Å²) in [7, 11) is 0. The zero-order chi connectivity index (χ0) is 24.9. The van der Waals surface area contributed by atoms with E-state index in [1.54, 1.807) is 18.2 Å². The minimum Gasteiger partial charge on any atom is -0.482 e. The first-order chi connectivity index (χ1) is 16.8. The summed E-state index contributed by atoms with van der Waals surface area (Å²) in [6, 6.07) is 20.9. The zero-order valence-corrected chi connectivity index (χ0v) is 19.7. The Balaban J connectivity index is 1.44. The molecule has 35 heavy (non-hydrogen) atoms. The van der Waals surface area contributed by atoms with Crippen molar-refractivity contribution in [3.05, 3.63) is 105 Å². The molecule has 3 aromatic carbocycles. The Morgan fingerprint density at radius 2 is 1.74 bits per heavy atom. The molecule has 0 bridgehead atoms. The van der Waals surface area contributed by atoms with Gasteiger partial charge in [0.15, 0.2) is 6.61 Å². The van der Waals surface area contributed by atoms with Crippen LogP contribution in [0.2, 0.25) is 0 Å². The van der Waals surface area contributed by atoms with Crippen molar-refractivity contribution < 1.29 is 23.5 Å². The predicted molar refractivity (Wildman–Crippen MR) is 132 cm³/mol. The Morgan fingerprint density at radius 1 is 0.971 bits per heavy atom. The van der Waals surface area contributed by atoms with Gasteiger partial charge in [0.2, 0.25) is 0 Å². The van der Waals surface area contributed by atoms with Gasteiger partial charge >= 0.3 is 11.6 Å². The van der Waals surface area contributed by atoms with Gasteiger partial charge in [0.25, 0.3) is 5.91 Å². The van der Waals surface area contributed by atoms with Crippen molar-refractivity contribution in [2.75, 3.05) is 6.61 Å². The highest BCUT2D eigenvalue weighted by Crippen LogP contribution is 2.22. The largest absolute Gasteiger partial charge is 0.482 e. The Kier molecular flexibility index (Phi) is 6.96. The quantitative estimate of drug-likeness (QED) is 0.234. The second kappa shape index (κ2) is 10.3. The molecule has 1 atom stereocenters. The van der Waals surface area contributed by atoms with Crippen molar-refractivity contribution in [1.82, 2.24) is 5.32 Å². The molecule has 178 valence electrons. The van der Waals surface area contributed by atoms with E-state index in [1.165, 1.54) is 12.1 Å². The van der Waals surface area contributed by atoms with Crippen molar-refractivity contribution in [3.8, 4) is 11.5 Å². The summed E-state index contributed by atoms with van der Waals surface area (Å²) in [4.78, 5) is 37.4. The molecule has 1 amide bonds. The van der Waals surface area contributed by atoms with Crippen LogP contribution in [0.1, 0.15) is 40.0 Å². The van der Waals surface area contributed by atoms with Gasteiger partial charge in [-0.1, -0.05) is 48.0 Å². The van der Waals surface area contributed by atoms with E-state index in [9.17, 15) is 14.4 Å². The summed E-state index contributed by atoms with van der Waals surface area (Å²) in [6.45, 7) is 5.44. The monoisotopic (exact) mass is 471 g/mol. The third-order valence-electron chi connectivity index (χ3n) is 5.51. The van der Waals surface area contributed by atoms with E-state index < -0.39 is 17.5 Å². The molecular formula is C28H25NO6. The normalized spacial score (nSPS) is 11.6. The van der Waals surface area contributed by atoms with Crippen molar-refractivity contribution >= 4 is 22.8 Å². The summed E-state index contributed by atoms with van der Waals surface area (Å²) < 4.78 is 16.2. The Morgan fingerprint density at radius 3 is 2.49 bits per heavy atom. The van der Waals surface area contributed by atoms with Crippen LogP contribution in [0.5, 0.6) is 11.5 Å². The standard InChI is InChI=1S/C28H25NO6/c1-17-9-12-24(18(2)13-17)33-16-26(30)34-22-11-10-21-14-23(28(32)35-25(21)15-22)27(31)29-19(3)20-7-5-4-6-8-20/h4-15,19H,16H2,1-3H3,(H,29,31). The van der Waals surface area contributed by atoms with Crippen LogP contribution in [0, 0.1) is 13.8 Å². The highest BCUT2D eigenvalue weighted by molar-refractivity contribution is 5.97. The number of rotatable bonds is 7. The van der Waals surface area contributed by atoms with Crippen molar-refractivity contribution in [2.45, 2.75) is 26.8 Å². The molecule has 0 fully saturated rings. The van der Waals surface area contributed by atoms with Gasteiger partial charge in [-0.3, -0.25) is 4.79 Å². The summed E-state index contributed by atoms with van der Waals surface area (Å²) >= 11 is 0. The van der Waals surface area contributed by atoms with Crippen molar-refractivity contribution in [1.29, 1.82) is 0 Å². The molecule has 0 aliphatic heterocycles. The SMILES string of the molecule is Cc1ccc(OCC(=O)Oc2ccc3cc(C(=O)NC(C)c4ccccc4)c(=O)oc3c2)c(C)c1. The van der Waals surface area contributed by atoms with E-state index in [4.69, 9.17) is 13.9 Å². The van der Waals surface area contributed by atoms with Gasteiger partial charge in [-0.2, -0.15) is 0 Å². The topological polar surface area (TPSA) is 94.8 Å². The Labute approximate surface area is 202 Å². The fraction of sp³-hybridized carbons (Fsp3) is 0.179. The van der Waals surface area contributed by atoms with Gasteiger partial charge < -0.3 is 19.2 Å². The van der Waals surface area contributed by atoms with E-state index in [2.05, 4.69) is 5.32 Å². The number of esters is 1. The number of hydrogen-bond acceptors (Lipinski definition) is 6. The lowest BCUT2D eigenvalue weighted by atomic mass is 10.1. The van der Waals surface area contributed by atoms with E-state index >= 15 is 0 Å². The van der Waals surface area contributed by atoms with E-state index in [1.807, 2.05) is 63.2 Å². The average molecular weight is 472 g/mol. The minimum atomic E-state index is -0.781. The fourth-order valence-electron chi connectivity index (χ4n) is 3.67. The smallest absolute Gasteiger partial charge is 0.349 e. The number of amides is 1. The number of carbonyl (C=O) groups is 2. The maximum Gasteiger partial charge on any atom is 0.349 e. The minimum absolute atomic E-state index is 0.105. The van der Waals surface area contributed by atoms with Crippen molar-refractivity contribution in [2.24, 2.45) is 0 Å². The summed E-state index contributed by atoms with van der Waals surface area (Å²) in [6.07, 6.45) is 0. The number of fused-ring (bicyclic) bond motifs is 1. The van der Waals surface area contributed by atoms with E-state index in [-0.39, 0.29) is 29.5 Å². The summed E-state index contributed by atoms with van der Waals surface area (Å²) in [5.74, 6) is -0.331. The maximum atomic E-state index is 12.7. The summed E-state index contributed by atoms with van der Waals surface area (Å²) in [5.41, 5.74) is 2.25. The van der Waals surface area contributed by atoms with Crippen LogP contribution in [0.25, 0.3) is 11.0 Å². The molecule has 1 unspecified atom stereocenters. The van der Waals surface area contributed by atoms with Crippen LogP contribution in [0.4, 0.5) is 0 Å². The molecule has 4 rings (SSSR count). The number of aryl methyl sites for hydroxylation is 2. The van der Waals surface area contributed by atoms with Gasteiger partial charge in [-0.05, 0) is 56.2 Å². The van der Waals surface area contributed by atoms with Crippen LogP contribution < -0.4 is 20.4 Å². The van der Waals surface area contributed by atoms with Gasteiger partial charge in [-0.15, -0.1) is 0 Å². The number of nitrogens with one attached hydrogen (secondary N) is 1. The van der Waals surface area contributed by atoms with Gasteiger partial charge in [-0.25, -0.2) is 9.59 Å². The average Bonchev–Trinajstić information content (AvgIpc) is 2.83. The van der Waals surface area contributed by atoms with E-state index in [0.29, 0.717) is 11.1 Å². The van der Waals surface area contributed by atoms with Crippen LogP contribution in [0.15, 0.2) is 82.0 Å². The Bertz CT molecular complexity index is 1440. The van der Waals surface area contributed by atoms with Gasteiger partial charge in [0, 0.05) is 11.5 Å². The molecule has 0 radical (unpaired) electrons. The molecular weight excluding hydrogens is 446 g/mol. The lowest BCUT2D eigenvalue weighted by Gasteiger charge is -2.14. The highest BCUT2D eigenvalue weighted by Gasteiger charge is 2.17. The molecule has 1 heterocycles. The molecule has 0 saturated carbocycles. The lowest BCUT2D eigenvalue weighted by molar-refractivity contribution is -0.136. The molecule has 0 aliphatic carbocycles. The number of benzene rings is 3.